The lowest BCUT2D eigenvalue weighted by Crippen LogP contribution is -2.40. The van der Waals surface area contributed by atoms with Gasteiger partial charge in [-0.1, -0.05) is 0 Å². The molecule has 8 nitrogen and oxygen atoms in total. The first kappa shape index (κ1) is 25.8. The fourth-order valence-electron chi connectivity index (χ4n) is 5.08. The van der Waals surface area contributed by atoms with Gasteiger partial charge in [0, 0.05) is 49.8 Å². The van der Waals surface area contributed by atoms with E-state index in [1.54, 1.807) is 0 Å². The van der Waals surface area contributed by atoms with Gasteiger partial charge in [0.05, 0.1) is 30.0 Å². The van der Waals surface area contributed by atoms with Gasteiger partial charge in [0.2, 0.25) is 0 Å². The van der Waals surface area contributed by atoms with Crippen molar-refractivity contribution in [3.8, 4) is 0 Å². The number of hydrogen-bond donors (Lipinski definition) is 2. The van der Waals surface area contributed by atoms with Crippen LogP contribution in [0.2, 0.25) is 0 Å². The van der Waals surface area contributed by atoms with E-state index in [0.717, 1.165) is 23.0 Å². The molecule has 3 atom stereocenters. The Kier molecular flexibility index (Phi) is 6.83. The SMILES string of the molecule is CN1C[C@H](CNCC(F)F)Cn2nc3c(c2C2OC21)CN(C(=O)Nc1ccc(F)c(C(F)(F)F)c1)CC3. The first-order chi connectivity index (χ1) is 17.5. The van der Waals surface area contributed by atoms with Crippen molar-refractivity contribution in [3.63, 3.8) is 0 Å². The maximum Gasteiger partial charge on any atom is 0.419 e. The second kappa shape index (κ2) is 9.80. The first-order valence-corrected chi connectivity index (χ1v) is 11.9. The fraction of sp³-hybridized carbons (Fsp3) is 0.565. The zero-order valence-corrected chi connectivity index (χ0v) is 19.9. The summed E-state index contributed by atoms with van der Waals surface area (Å²) in [6.07, 6.45) is -7.34. The van der Waals surface area contributed by atoms with Gasteiger partial charge >= 0.3 is 12.2 Å². The molecule has 3 aliphatic rings. The number of ether oxygens (including phenoxy) is 1. The van der Waals surface area contributed by atoms with Crippen LogP contribution >= 0.6 is 0 Å². The topological polar surface area (TPSA) is 78.0 Å². The summed E-state index contributed by atoms with van der Waals surface area (Å²) in [6.45, 7) is 1.56. The highest BCUT2D eigenvalue weighted by Gasteiger charge is 2.49. The molecule has 2 amide bonds. The average molecular weight is 532 g/mol. The molecule has 1 aromatic heterocycles. The Labute approximate surface area is 208 Å². The molecule has 4 heterocycles. The number of halogens is 6. The third-order valence-corrected chi connectivity index (χ3v) is 6.84. The van der Waals surface area contributed by atoms with Crippen LogP contribution in [0.4, 0.5) is 36.8 Å². The number of carbonyl (C=O) groups excluding carboxylic acids is 1. The summed E-state index contributed by atoms with van der Waals surface area (Å²) in [5, 5.41) is 9.95. The lowest BCUT2D eigenvalue weighted by atomic mass is 10.0. The van der Waals surface area contributed by atoms with E-state index >= 15 is 0 Å². The van der Waals surface area contributed by atoms with Crippen molar-refractivity contribution in [3.05, 3.63) is 46.5 Å². The van der Waals surface area contributed by atoms with Crippen LogP contribution in [0.15, 0.2) is 18.2 Å². The summed E-state index contributed by atoms with van der Waals surface area (Å²) in [6, 6.07) is 1.70. The van der Waals surface area contributed by atoms with E-state index in [2.05, 4.69) is 10.6 Å². The van der Waals surface area contributed by atoms with E-state index in [0.29, 0.717) is 38.2 Å². The molecule has 1 aromatic carbocycles. The highest BCUT2D eigenvalue weighted by atomic mass is 19.4. The molecule has 14 heteroatoms. The Balaban J connectivity index is 1.32. The van der Waals surface area contributed by atoms with Gasteiger partial charge in [-0.25, -0.2) is 18.0 Å². The van der Waals surface area contributed by atoms with Crippen LogP contribution in [-0.2, 0) is 30.4 Å². The van der Waals surface area contributed by atoms with Crippen molar-refractivity contribution in [1.29, 1.82) is 0 Å². The van der Waals surface area contributed by atoms with Crippen molar-refractivity contribution < 1.29 is 35.9 Å². The summed E-state index contributed by atoms with van der Waals surface area (Å²) in [5.41, 5.74) is 0.824. The average Bonchev–Trinajstić information content (AvgIpc) is 3.52. The second-order valence-electron chi connectivity index (χ2n) is 9.59. The van der Waals surface area contributed by atoms with Crippen LogP contribution in [0.3, 0.4) is 0 Å². The number of nitrogens with zero attached hydrogens (tertiary/aromatic N) is 4. The minimum atomic E-state index is -4.89. The summed E-state index contributed by atoms with van der Waals surface area (Å²) in [5.74, 6) is -1.42. The van der Waals surface area contributed by atoms with Crippen molar-refractivity contribution >= 4 is 11.7 Å². The number of fused-ring (bicyclic) bond motifs is 5. The Morgan fingerprint density at radius 3 is 2.78 bits per heavy atom. The molecule has 0 aliphatic carbocycles. The van der Waals surface area contributed by atoms with E-state index in [1.165, 1.54) is 4.90 Å². The zero-order chi connectivity index (χ0) is 26.5. The van der Waals surface area contributed by atoms with E-state index in [4.69, 9.17) is 9.84 Å². The molecule has 1 fully saturated rings. The van der Waals surface area contributed by atoms with Crippen LogP contribution in [-0.4, -0.2) is 71.5 Å². The lowest BCUT2D eigenvalue weighted by molar-refractivity contribution is -0.139. The smallest absolute Gasteiger partial charge is 0.346 e. The molecular weight excluding hydrogens is 506 g/mol. The van der Waals surface area contributed by atoms with Crippen LogP contribution in [0.1, 0.15) is 28.6 Å². The third kappa shape index (κ3) is 5.41. The maximum absolute atomic E-state index is 13.6. The van der Waals surface area contributed by atoms with E-state index in [-0.39, 0.29) is 37.0 Å². The number of carbonyl (C=O) groups is 1. The Morgan fingerprint density at radius 2 is 2.05 bits per heavy atom. The van der Waals surface area contributed by atoms with Crippen molar-refractivity contribution in [2.24, 2.45) is 5.92 Å². The van der Waals surface area contributed by atoms with E-state index in [9.17, 15) is 31.1 Å². The number of alkyl halides is 5. The van der Waals surface area contributed by atoms with Crippen LogP contribution in [0, 0.1) is 11.7 Å². The van der Waals surface area contributed by atoms with Gasteiger partial charge in [-0.3, -0.25) is 9.58 Å². The van der Waals surface area contributed by atoms with Crippen LogP contribution in [0.5, 0.6) is 0 Å². The third-order valence-electron chi connectivity index (χ3n) is 6.84. The molecule has 1 saturated heterocycles. The standard InChI is InChI=1S/C23H26F6N6O2/c1-33-9-12(7-30-8-18(25)26)10-35-19(20-21(33)37-20)14-11-34(5-4-17(14)32-35)22(36)31-13-2-3-16(24)15(6-13)23(27,28)29/h2-3,6,12,18,20-21,30H,4-5,7-11H2,1H3,(H,31,36)/t12-,20?,21?/m0/s1. The molecule has 0 spiro atoms. The predicted molar refractivity (Wildman–Crippen MR) is 119 cm³/mol. The second-order valence-corrected chi connectivity index (χ2v) is 9.59. The number of anilines is 1. The fourth-order valence-corrected chi connectivity index (χ4v) is 5.08. The summed E-state index contributed by atoms with van der Waals surface area (Å²) in [4.78, 5) is 16.4. The normalized spacial score (nSPS) is 23.7. The molecule has 202 valence electrons. The number of rotatable bonds is 5. The molecule has 37 heavy (non-hydrogen) atoms. The minimum Gasteiger partial charge on any atom is -0.346 e. The van der Waals surface area contributed by atoms with Crippen molar-refractivity contribution in [2.45, 2.75) is 44.4 Å². The number of aromatic nitrogens is 2. The van der Waals surface area contributed by atoms with Crippen molar-refractivity contribution in [2.75, 3.05) is 38.5 Å². The minimum absolute atomic E-state index is 0.00490. The largest absolute Gasteiger partial charge is 0.419 e. The van der Waals surface area contributed by atoms with Gasteiger partial charge in [-0.15, -0.1) is 0 Å². The van der Waals surface area contributed by atoms with Gasteiger partial charge in [-0.05, 0) is 25.2 Å². The quantitative estimate of drug-likeness (QED) is 0.456. The number of amides is 2. The zero-order valence-electron chi connectivity index (χ0n) is 19.9. The maximum atomic E-state index is 13.6. The van der Waals surface area contributed by atoms with Crippen LogP contribution < -0.4 is 10.6 Å². The van der Waals surface area contributed by atoms with Crippen LogP contribution in [0.25, 0.3) is 0 Å². The molecule has 2 unspecified atom stereocenters. The Hall–Kier alpha value is -2.84. The van der Waals surface area contributed by atoms with Gasteiger partial charge < -0.3 is 20.3 Å². The molecule has 0 saturated carbocycles. The number of hydrogen-bond acceptors (Lipinski definition) is 5. The van der Waals surface area contributed by atoms with Gasteiger partial charge in [0.25, 0.3) is 6.43 Å². The highest BCUT2D eigenvalue weighted by molar-refractivity contribution is 5.89. The monoisotopic (exact) mass is 532 g/mol. The molecule has 2 aromatic rings. The van der Waals surface area contributed by atoms with Gasteiger partial charge in [-0.2, -0.15) is 18.3 Å². The predicted octanol–water partition coefficient (Wildman–Crippen LogP) is 3.44. The summed E-state index contributed by atoms with van der Waals surface area (Å²) in [7, 11) is 1.90. The lowest BCUT2D eigenvalue weighted by Gasteiger charge is -2.28. The highest BCUT2D eigenvalue weighted by Crippen LogP contribution is 2.45. The van der Waals surface area contributed by atoms with E-state index < -0.39 is 36.6 Å². The molecule has 2 N–H and O–H groups in total. The van der Waals surface area contributed by atoms with E-state index in [1.807, 2.05) is 16.6 Å². The number of urea groups is 1. The summed E-state index contributed by atoms with van der Waals surface area (Å²) < 4.78 is 85.7. The summed E-state index contributed by atoms with van der Waals surface area (Å²) >= 11 is 0. The Morgan fingerprint density at radius 1 is 1.27 bits per heavy atom. The number of benzene rings is 1. The van der Waals surface area contributed by atoms with Gasteiger partial charge in [0.15, 0.2) is 0 Å². The molecule has 5 rings (SSSR count). The van der Waals surface area contributed by atoms with Gasteiger partial charge in [0.1, 0.15) is 18.1 Å². The number of epoxide rings is 1. The first-order valence-electron chi connectivity index (χ1n) is 11.9. The number of nitrogens with one attached hydrogen (secondary N) is 2. The molecule has 0 radical (unpaired) electrons. The van der Waals surface area contributed by atoms with Crippen molar-refractivity contribution in [1.82, 2.24) is 24.9 Å². The molecular formula is C23H26F6N6O2. The Bertz CT molecular complexity index is 1170. The molecule has 3 aliphatic heterocycles. The number of likely N-dealkylation sites (N-methyl/N-ethyl adjacent to an activating group) is 1. The molecule has 0 bridgehead atoms.